The van der Waals surface area contributed by atoms with Gasteiger partial charge in [-0.05, 0) is 67.3 Å². The van der Waals surface area contributed by atoms with Crippen LogP contribution in [0, 0.1) is 40.8 Å². The third-order valence-corrected chi connectivity index (χ3v) is 8.21. The summed E-state index contributed by atoms with van der Waals surface area (Å²) < 4.78 is 136. The van der Waals surface area contributed by atoms with Gasteiger partial charge in [-0.1, -0.05) is 25.5 Å². The van der Waals surface area contributed by atoms with Gasteiger partial charge in [0, 0.05) is 30.2 Å². The summed E-state index contributed by atoms with van der Waals surface area (Å²) in [4.78, 5) is 0. The topological polar surface area (TPSA) is 36.9 Å². The van der Waals surface area contributed by atoms with Crippen LogP contribution in [0.1, 0.15) is 62.5 Å². The fraction of sp³-hybridized carbons (Fsp3) is 0.455. The van der Waals surface area contributed by atoms with Crippen LogP contribution in [-0.4, -0.2) is 32.2 Å². The normalized spacial score (nSPS) is 22.4. The minimum Gasteiger partial charge on any atom is -0.429 e. The molecule has 1 heterocycles. The van der Waals surface area contributed by atoms with Crippen LogP contribution in [0.3, 0.4) is 0 Å². The molecule has 1 aliphatic carbocycles. The Balaban J connectivity index is 1.22. The minimum atomic E-state index is -4.75. The molecule has 0 radical (unpaired) electrons. The van der Waals surface area contributed by atoms with E-state index in [1.807, 2.05) is 0 Å². The molecule has 0 N–H and O–H groups in total. The molecule has 3 aromatic carbocycles. The predicted octanol–water partition coefficient (Wildman–Crippen LogP) is 9.15. The third kappa shape index (κ3) is 7.61. The van der Waals surface area contributed by atoms with Gasteiger partial charge in [0.1, 0.15) is 34.9 Å². The van der Waals surface area contributed by atoms with Crippen LogP contribution in [0.4, 0.5) is 35.1 Å². The van der Waals surface area contributed by atoms with Crippen LogP contribution >= 0.6 is 0 Å². The van der Waals surface area contributed by atoms with Crippen LogP contribution in [-0.2, 0) is 20.3 Å². The highest BCUT2D eigenvalue weighted by molar-refractivity contribution is 5.65. The van der Waals surface area contributed by atoms with Gasteiger partial charge in [-0.15, -0.1) is 0 Å². The van der Waals surface area contributed by atoms with E-state index in [4.69, 9.17) is 14.2 Å². The van der Waals surface area contributed by atoms with Crippen LogP contribution < -0.4 is 4.74 Å². The first-order valence-corrected chi connectivity index (χ1v) is 14.8. The summed E-state index contributed by atoms with van der Waals surface area (Å²) in [7, 11) is 0. The molecular formula is C33H32F8O4. The zero-order chi connectivity index (χ0) is 32.3. The molecule has 1 aliphatic heterocycles. The molecule has 0 unspecified atom stereocenters. The second kappa shape index (κ2) is 14.0. The maximum absolute atomic E-state index is 15.2. The highest BCUT2D eigenvalue weighted by atomic mass is 19.3. The van der Waals surface area contributed by atoms with E-state index >= 15 is 4.39 Å². The number of hydrogen-bond donors (Lipinski definition) is 0. The maximum Gasteiger partial charge on any atom is 0.432 e. The molecule has 3 aromatic rings. The molecule has 1 saturated heterocycles. The van der Waals surface area contributed by atoms with Gasteiger partial charge in [0.2, 0.25) is 0 Å². The fourth-order valence-electron chi connectivity index (χ4n) is 5.80. The third-order valence-electron chi connectivity index (χ3n) is 8.21. The molecule has 4 nitrogen and oxygen atoms in total. The molecule has 12 heteroatoms. The second-order valence-corrected chi connectivity index (χ2v) is 11.4. The summed E-state index contributed by atoms with van der Waals surface area (Å²) >= 11 is 0. The molecule has 45 heavy (non-hydrogen) atoms. The number of halogens is 8. The van der Waals surface area contributed by atoms with Gasteiger partial charge >= 0.3 is 6.11 Å². The number of alkyl halides is 2. The largest absolute Gasteiger partial charge is 0.432 e. The van der Waals surface area contributed by atoms with Crippen molar-refractivity contribution in [1.82, 2.24) is 0 Å². The quantitative estimate of drug-likeness (QED) is 0.125. The molecule has 0 atom stereocenters. The molecule has 1 saturated carbocycles. The Hall–Kier alpha value is -3.22. The van der Waals surface area contributed by atoms with E-state index in [0.29, 0.717) is 37.5 Å². The summed E-state index contributed by atoms with van der Waals surface area (Å²) in [6, 6.07) is 5.46. The molecule has 0 amide bonds. The number of hydrogen-bond acceptors (Lipinski definition) is 4. The Bertz CT molecular complexity index is 1440. The van der Waals surface area contributed by atoms with Gasteiger partial charge in [0.05, 0.1) is 13.2 Å². The zero-order valence-electron chi connectivity index (χ0n) is 24.4. The first-order valence-electron chi connectivity index (χ1n) is 14.8. The van der Waals surface area contributed by atoms with Crippen LogP contribution in [0.15, 0.2) is 42.5 Å². The Morgan fingerprint density at radius 2 is 1.40 bits per heavy atom. The van der Waals surface area contributed by atoms with Gasteiger partial charge in [-0.2, -0.15) is 8.78 Å². The van der Waals surface area contributed by atoms with E-state index in [9.17, 15) is 30.7 Å². The average Bonchev–Trinajstić information content (AvgIpc) is 2.99. The molecule has 0 bridgehead atoms. The lowest BCUT2D eigenvalue weighted by Crippen LogP contribution is -2.42. The summed E-state index contributed by atoms with van der Waals surface area (Å²) in [5, 5.41) is 0. The van der Waals surface area contributed by atoms with Gasteiger partial charge in [0.15, 0.2) is 23.7 Å². The van der Waals surface area contributed by atoms with E-state index < -0.39 is 52.3 Å². The maximum atomic E-state index is 15.2. The Kier molecular flexibility index (Phi) is 10.3. The number of unbranched alkanes of at least 4 members (excludes halogenated alkanes) is 1. The summed E-state index contributed by atoms with van der Waals surface area (Å²) in [6.45, 7) is 3.71. The van der Waals surface area contributed by atoms with Gasteiger partial charge in [-0.3, -0.25) is 0 Å². The molecule has 244 valence electrons. The van der Waals surface area contributed by atoms with E-state index in [0.717, 1.165) is 38.5 Å². The van der Waals surface area contributed by atoms with Gasteiger partial charge in [0.25, 0.3) is 0 Å². The second-order valence-electron chi connectivity index (χ2n) is 11.4. The highest BCUT2D eigenvalue weighted by Gasteiger charge is 2.42. The predicted molar refractivity (Wildman–Crippen MR) is 148 cm³/mol. The standard InChI is InChI=1S/C33H32F8O4/c1-2-3-10-42-23-16-43-32(44-17-23)19-6-4-18(5-7-19)20-8-9-24(25(34)11-20)21-12-26(35)30(27(36)13-21)33(40,41)45-22-14-28(37)31(39)29(38)15-22/h8-9,11-15,18-19,23,32H,2-7,10,16-17H2,1H3. The Morgan fingerprint density at radius 3 is 1.98 bits per heavy atom. The molecule has 5 rings (SSSR count). The number of ether oxygens (including phenoxy) is 4. The monoisotopic (exact) mass is 644 g/mol. The van der Waals surface area contributed by atoms with Crippen molar-refractivity contribution in [1.29, 1.82) is 0 Å². The van der Waals surface area contributed by atoms with Crippen LogP contribution in [0.2, 0.25) is 0 Å². The fourth-order valence-corrected chi connectivity index (χ4v) is 5.80. The summed E-state index contributed by atoms with van der Waals surface area (Å²) in [5.41, 5.74) is -1.74. The molecular weight excluding hydrogens is 612 g/mol. The van der Waals surface area contributed by atoms with Crippen molar-refractivity contribution in [3.05, 3.63) is 88.5 Å². The van der Waals surface area contributed by atoms with E-state index in [1.54, 1.807) is 6.07 Å². The first kappa shape index (κ1) is 33.2. The van der Waals surface area contributed by atoms with Crippen molar-refractivity contribution in [2.45, 2.75) is 69.9 Å². The van der Waals surface area contributed by atoms with Crippen molar-refractivity contribution in [2.75, 3.05) is 19.8 Å². The molecule has 0 spiro atoms. The summed E-state index contributed by atoms with van der Waals surface area (Å²) in [6.07, 6.45) is -0.0270. The Labute approximate surface area is 255 Å². The van der Waals surface area contributed by atoms with Crippen molar-refractivity contribution in [3.63, 3.8) is 0 Å². The zero-order valence-corrected chi connectivity index (χ0v) is 24.4. The van der Waals surface area contributed by atoms with Gasteiger partial charge in [-0.25, -0.2) is 26.3 Å². The van der Waals surface area contributed by atoms with Crippen molar-refractivity contribution in [2.24, 2.45) is 5.92 Å². The number of benzene rings is 3. The number of rotatable bonds is 10. The van der Waals surface area contributed by atoms with Crippen molar-refractivity contribution >= 4 is 0 Å². The lowest BCUT2D eigenvalue weighted by molar-refractivity contribution is -0.249. The van der Waals surface area contributed by atoms with E-state index in [1.165, 1.54) is 12.1 Å². The van der Waals surface area contributed by atoms with E-state index in [2.05, 4.69) is 11.7 Å². The van der Waals surface area contributed by atoms with Crippen molar-refractivity contribution in [3.8, 4) is 16.9 Å². The Morgan fingerprint density at radius 1 is 0.778 bits per heavy atom. The lowest BCUT2D eigenvalue weighted by atomic mass is 9.78. The van der Waals surface area contributed by atoms with Crippen LogP contribution in [0.25, 0.3) is 11.1 Å². The van der Waals surface area contributed by atoms with E-state index in [-0.39, 0.29) is 47.5 Å². The molecule has 0 aromatic heterocycles. The first-order chi connectivity index (χ1) is 21.5. The molecule has 2 fully saturated rings. The SMILES string of the molecule is CCCCOC1COC(C2CCC(c3ccc(-c4cc(F)c(C(F)(F)Oc5cc(F)c(F)c(F)c5)c(F)c4)c(F)c3)CC2)OC1. The van der Waals surface area contributed by atoms with Crippen LogP contribution in [0.5, 0.6) is 5.75 Å². The molecule has 2 aliphatic rings. The highest BCUT2D eigenvalue weighted by Crippen LogP contribution is 2.41. The summed E-state index contributed by atoms with van der Waals surface area (Å²) in [5.74, 6) is -10.9. The van der Waals surface area contributed by atoms with Gasteiger partial charge < -0.3 is 18.9 Å². The lowest BCUT2D eigenvalue weighted by Gasteiger charge is -2.37. The smallest absolute Gasteiger partial charge is 0.429 e. The average molecular weight is 645 g/mol. The van der Waals surface area contributed by atoms with Crippen molar-refractivity contribution < 1.29 is 54.1 Å². The minimum absolute atomic E-state index is 0.0336.